The summed E-state index contributed by atoms with van der Waals surface area (Å²) < 4.78 is 7.56. The summed E-state index contributed by atoms with van der Waals surface area (Å²) in [5.74, 6) is 0.691. The highest BCUT2D eigenvalue weighted by Crippen LogP contribution is 2.26. The van der Waals surface area contributed by atoms with E-state index in [0.29, 0.717) is 12.0 Å². The van der Waals surface area contributed by atoms with Gasteiger partial charge in [-0.1, -0.05) is 12.1 Å². The van der Waals surface area contributed by atoms with E-state index >= 15 is 0 Å². The molecular weight excluding hydrogens is 290 g/mol. The quantitative estimate of drug-likeness (QED) is 0.946. The molecule has 5 heteroatoms. The zero-order valence-electron chi connectivity index (χ0n) is 13.5. The number of piperidine rings is 1. The van der Waals surface area contributed by atoms with Crippen molar-refractivity contribution in [2.75, 3.05) is 32.8 Å². The maximum atomic E-state index is 12.3. The summed E-state index contributed by atoms with van der Waals surface area (Å²) in [6, 6.07) is 8.31. The van der Waals surface area contributed by atoms with Crippen LogP contribution in [0.4, 0.5) is 0 Å². The van der Waals surface area contributed by atoms with Crippen molar-refractivity contribution in [1.29, 1.82) is 0 Å². The molecule has 4 rings (SSSR count). The van der Waals surface area contributed by atoms with Crippen molar-refractivity contribution in [1.82, 2.24) is 14.5 Å². The fourth-order valence-electron chi connectivity index (χ4n) is 4.11. The fraction of sp³-hybridized carbons (Fsp3) is 0.611. The number of rotatable bonds is 3. The van der Waals surface area contributed by atoms with Crippen molar-refractivity contribution in [3.63, 3.8) is 0 Å². The summed E-state index contributed by atoms with van der Waals surface area (Å²) in [4.78, 5) is 17.8. The van der Waals surface area contributed by atoms with Crippen LogP contribution in [0, 0.1) is 5.92 Å². The van der Waals surface area contributed by atoms with Gasteiger partial charge in [-0.3, -0.25) is 4.57 Å². The number of para-hydroxylation sites is 2. The molecule has 0 amide bonds. The van der Waals surface area contributed by atoms with Gasteiger partial charge < -0.3 is 14.6 Å². The maximum Gasteiger partial charge on any atom is 0.326 e. The minimum atomic E-state index is 0.0327. The summed E-state index contributed by atoms with van der Waals surface area (Å²) >= 11 is 0. The van der Waals surface area contributed by atoms with Crippen molar-refractivity contribution >= 4 is 11.0 Å². The molecule has 1 aromatic carbocycles. The molecule has 2 fully saturated rings. The fourth-order valence-corrected chi connectivity index (χ4v) is 4.11. The van der Waals surface area contributed by atoms with Crippen molar-refractivity contribution in [3.05, 3.63) is 34.7 Å². The predicted octanol–water partition coefficient (Wildman–Crippen LogP) is 2.39. The Balaban J connectivity index is 1.42. The molecule has 124 valence electrons. The third kappa shape index (κ3) is 3.08. The molecule has 1 aromatic heterocycles. The van der Waals surface area contributed by atoms with Gasteiger partial charge >= 0.3 is 5.69 Å². The lowest BCUT2D eigenvalue weighted by atomic mass is 9.98. The topological polar surface area (TPSA) is 50.3 Å². The molecule has 2 aliphatic rings. The first-order chi connectivity index (χ1) is 11.3. The largest absolute Gasteiger partial charge is 0.381 e. The minimum absolute atomic E-state index is 0.0327. The van der Waals surface area contributed by atoms with Gasteiger partial charge in [-0.15, -0.1) is 0 Å². The van der Waals surface area contributed by atoms with E-state index in [1.54, 1.807) is 0 Å². The minimum Gasteiger partial charge on any atom is -0.381 e. The molecule has 5 nitrogen and oxygen atoms in total. The predicted molar refractivity (Wildman–Crippen MR) is 90.8 cm³/mol. The van der Waals surface area contributed by atoms with Crippen LogP contribution >= 0.6 is 0 Å². The third-order valence-corrected chi connectivity index (χ3v) is 5.32. The maximum absolute atomic E-state index is 12.3. The number of nitrogens with zero attached hydrogens (tertiary/aromatic N) is 2. The van der Waals surface area contributed by atoms with E-state index in [0.717, 1.165) is 56.7 Å². The third-order valence-electron chi connectivity index (χ3n) is 5.32. The van der Waals surface area contributed by atoms with E-state index in [1.807, 2.05) is 28.8 Å². The molecule has 0 saturated carbocycles. The highest BCUT2D eigenvalue weighted by molar-refractivity contribution is 5.75. The number of imidazole rings is 1. The first kappa shape index (κ1) is 15.0. The highest BCUT2D eigenvalue weighted by atomic mass is 16.5. The molecule has 0 radical (unpaired) electrons. The number of fused-ring (bicyclic) bond motifs is 1. The summed E-state index contributed by atoms with van der Waals surface area (Å²) in [6.45, 7) is 5.15. The lowest BCUT2D eigenvalue weighted by molar-refractivity contribution is 0.0331. The molecule has 0 bridgehead atoms. The van der Waals surface area contributed by atoms with Crippen LogP contribution in [-0.2, 0) is 4.74 Å². The molecule has 1 atom stereocenters. The van der Waals surface area contributed by atoms with Crippen LogP contribution in [0.5, 0.6) is 0 Å². The number of ether oxygens (including phenoxy) is 1. The number of aromatic nitrogens is 2. The van der Waals surface area contributed by atoms with E-state index in [-0.39, 0.29) is 5.69 Å². The zero-order valence-corrected chi connectivity index (χ0v) is 13.5. The Morgan fingerprint density at radius 1 is 1.17 bits per heavy atom. The molecule has 1 unspecified atom stereocenters. The first-order valence-corrected chi connectivity index (χ1v) is 8.80. The smallest absolute Gasteiger partial charge is 0.326 e. The van der Waals surface area contributed by atoms with Crippen molar-refractivity contribution in [3.8, 4) is 0 Å². The Morgan fingerprint density at radius 3 is 2.78 bits per heavy atom. The number of aromatic amines is 1. The van der Waals surface area contributed by atoms with Crippen LogP contribution in [0.25, 0.3) is 11.0 Å². The Morgan fingerprint density at radius 2 is 2.00 bits per heavy atom. The average Bonchev–Trinajstić information content (AvgIpc) is 2.92. The second-order valence-electron chi connectivity index (χ2n) is 6.93. The monoisotopic (exact) mass is 315 g/mol. The zero-order chi connectivity index (χ0) is 15.6. The van der Waals surface area contributed by atoms with E-state index in [1.165, 1.54) is 12.8 Å². The molecule has 3 heterocycles. The molecule has 2 aromatic rings. The number of nitrogens with one attached hydrogen (secondary N) is 1. The summed E-state index contributed by atoms with van der Waals surface area (Å²) in [7, 11) is 0. The number of benzene rings is 1. The Bertz CT molecular complexity index is 706. The van der Waals surface area contributed by atoms with Crippen LogP contribution in [-0.4, -0.2) is 47.3 Å². The average molecular weight is 315 g/mol. The lowest BCUT2D eigenvalue weighted by Crippen LogP contribution is -2.40. The van der Waals surface area contributed by atoms with Gasteiger partial charge in [0.25, 0.3) is 0 Å². The van der Waals surface area contributed by atoms with Crippen LogP contribution in [0.1, 0.15) is 31.7 Å². The summed E-state index contributed by atoms with van der Waals surface area (Å²) in [5, 5.41) is 0. The van der Waals surface area contributed by atoms with Gasteiger partial charge in [0.05, 0.1) is 17.6 Å². The Labute approximate surface area is 136 Å². The van der Waals surface area contributed by atoms with Crippen LogP contribution in [0.2, 0.25) is 0 Å². The van der Waals surface area contributed by atoms with Gasteiger partial charge in [-0.2, -0.15) is 0 Å². The van der Waals surface area contributed by atoms with Crippen LogP contribution in [0.3, 0.4) is 0 Å². The number of likely N-dealkylation sites (tertiary alicyclic amines) is 1. The second-order valence-corrected chi connectivity index (χ2v) is 6.93. The summed E-state index contributed by atoms with van der Waals surface area (Å²) in [6.07, 6.45) is 4.60. The van der Waals surface area contributed by atoms with E-state index in [2.05, 4.69) is 9.88 Å². The SMILES string of the molecule is O=c1[nH]c2ccccc2n1C1CCN(CC2CCCOC2)CC1. The van der Waals surface area contributed by atoms with E-state index in [4.69, 9.17) is 4.74 Å². The van der Waals surface area contributed by atoms with E-state index in [9.17, 15) is 4.79 Å². The highest BCUT2D eigenvalue weighted by Gasteiger charge is 2.25. The van der Waals surface area contributed by atoms with Gasteiger partial charge in [0, 0.05) is 32.3 Å². The van der Waals surface area contributed by atoms with Gasteiger partial charge in [-0.25, -0.2) is 4.79 Å². The number of hydrogen-bond donors (Lipinski definition) is 1. The Hall–Kier alpha value is -1.59. The molecule has 0 spiro atoms. The standard InChI is InChI=1S/C18H25N3O2/c22-18-19-16-5-1-2-6-17(16)21(18)15-7-9-20(10-8-15)12-14-4-3-11-23-13-14/h1-2,5-6,14-15H,3-4,7-13H2,(H,19,22). The first-order valence-electron chi connectivity index (χ1n) is 8.80. The molecule has 0 aliphatic carbocycles. The van der Waals surface area contributed by atoms with Gasteiger partial charge in [0.1, 0.15) is 0 Å². The van der Waals surface area contributed by atoms with Gasteiger partial charge in [0.2, 0.25) is 0 Å². The van der Waals surface area contributed by atoms with E-state index < -0.39 is 0 Å². The number of hydrogen-bond acceptors (Lipinski definition) is 3. The van der Waals surface area contributed by atoms with Crippen molar-refractivity contribution < 1.29 is 4.74 Å². The van der Waals surface area contributed by atoms with Crippen LogP contribution in [0.15, 0.2) is 29.1 Å². The van der Waals surface area contributed by atoms with Gasteiger partial charge in [0.15, 0.2) is 0 Å². The van der Waals surface area contributed by atoms with Crippen molar-refractivity contribution in [2.24, 2.45) is 5.92 Å². The molecule has 2 saturated heterocycles. The Kier molecular flexibility index (Phi) is 4.23. The molecule has 23 heavy (non-hydrogen) atoms. The van der Waals surface area contributed by atoms with Gasteiger partial charge in [-0.05, 0) is 43.7 Å². The second kappa shape index (κ2) is 6.49. The van der Waals surface area contributed by atoms with Crippen LogP contribution < -0.4 is 5.69 Å². The lowest BCUT2D eigenvalue weighted by Gasteiger charge is -2.35. The summed E-state index contributed by atoms with van der Waals surface area (Å²) in [5.41, 5.74) is 2.02. The molecule has 2 aliphatic heterocycles. The molecule has 1 N–H and O–H groups in total. The number of H-pyrrole nitrogens is 1. The molecular formula is C18H25N3O2. The van der Waals surface area contributed by atoms with Crippen molar-refractivity contribution in [2.45, 2.75) is 31.7 Å². The normalized spacial score (nSPS) is 24.3.